The van der Waals surface area contributed by atoms with Gasteiger partial charge in [-0.3, -0.25) is 9.59 Å². The molecule has 1 aliphatic rings. The molecule has 2 rings (SSSR count). The molecule has 1 saturated carbocycles. The van der Waals surface area contributed by atoms with Crippen LogP contribution in [0.4, 0.5) is 8.78 Å². The Bertz CT molecular complexity index is 568. The van der Waals surface area contributed by atoms with Crippen molar-refractivity contribution in [2.45, 2.75) is 45.1 Å². The van der Waals surface area contributed by atoms with E-state index in [1.807, 2.05) is 0 Å². The number of hydrogen-bond acceptors (Lipinski definition) is 4. The van der Waals surface area contributed by atoms with E-state index in [4.69, 9.17) is 0 Å². The summed E-state index contributed by atoms with van der Waals surface area (Å²) in [7, 11) is 1.33. The first kappa shape index (κ1) is 16.3. The molecular formula is C13H18F2N4O3. The van der Waals surface area contributed by atoms with Gasteiger partial charge in [0.1, 0.15) is 16.8 Å². The molecule has 1 fully saturated rings. The van der Waals surface area contributed by atoms with E-state index in [9.17, 15) is 23.5 Å². The van der Waals surface area contributed by atoms with Gasteiger partial charge in [0.15, 0.2) is 0 Å². The first-order valence-corrected chi connectivity index (χ1v) is 7.07. The van der Waals surface area contributed by atoms with Crippen molar-refractivity contribution >= 4 is 11.9 Å². The van der Waals surface area contributed by atoms with Gasteiger partial charge < -0.3 is 10.4 Å². The molecule has 1 amide bonds. The smallest absolute Gasteiger partial charge is 0.319 e. The number of alkyl halides is 2. The first-order chi connectivity index (χ1) is 10.4. The highest BCUT2D eigenvalue weighted by Gasteiger charge is 2.46. The van der Waals surface area contributed by atoms with E-state index < -0.39 is 23.7 Å². The lowest BCUT2D eigenvalue weighted by molar-refractivity contribution is -0.158. The number of aliphatic carboxylic acids is 1. The molecule has 122 valence electrons. The highest BCUT2D eigenvalue weighted by atomic mass is 19.3. The number of carbonyl (C=O) groups excluding carboxylic acids is 1. The fourth-order valence-corrected chi connectivity index (χ4v) is 2.83. The average Bonchev–Trinajstić information content (AvgIpc) is 2.86. The third kappa shape index (κ3) is 2.93. The van der Waals surface area contributed by atoms with E-state index in [-0.39, 0.29) is 30.8 Å². The number of aryl methyl sites for hydroxylation is 1. The largest absolute Gasteiger partial charge is 0.480 e. The zero-order chi connectivity index (χ0) is 16.3. The predicted octanol–water partition coefficient (Wildman–Crippen LogP) is 1.40. The molecule has 0 atom stereocenters. The topological polar surface area (TPSA) is 97.1 Å². The van der Waals surface area contributed by atoms with Crippen molar-refractivity contribution < 1.29 is 23.5 Å². The van der Waals surface area contributed by atoms with E-state index in [0.29, 0.717) is 12.8 Å². The van der Waals surface area contributed by atoms with Crippen LogP contribution in [0.5, 0.6) is 0 Å². The van der Waals surface area contributed by atoms with Crippen LogP contribution in [-0.4, -0.2) is 32.0 Å². The molecule has 0 radical (unpaired) electrons. The number of hydrogen-bond donors (Lipinski definition) is 2. The summed E-state index contributed by atoms with van der Waals surface area (Å²) in [5.74, 6) is -1.82. The van der Waals surface area contributed by atoms with E-state index in [2.05, 4.69) is 15.6 Å². The lowest BCUT2D eigenvalue weighted by Gasteiger charge is -2.31. The Morgan fingerprint density at radius 1 is 1.36 bits per heavy atom. The van der Waals surface area contributed by atoms with Gasteiger partial charge in [0.2, 0.25) is 5.91 Å². The van der Waals surface area contributed by atoms with Crippen molar-refractivity contribution in [2.75, 3.05) is 0 Å². The molecule has 1 aromatic rings. The van der Waals surface area contributed by atoms with Crippen LogP contribution in [-0.2, 0) is 23.2 Å². The highest BCUT2D eigenvalue weighted by molar-refractivity contribution is 6.01. The number of halogens is 2. The Hall–Kier alpha value is -2.06. The van der Waals surface area contributed by atoms with Crippen LogP contribution in [0.15, 0.2) is 0 Å². The van der Waals surface area contributed by atoms with Crippen molar-refractivity contribution in [2.24, 2.45) is 12.5 Å². The summed E-state index contributed by atoms with van der Waals surface area (Å²) in [5, 5.41) is 18.9. The summed E-state index contributed by atoms with van der Waals surface area (Å²) < 4.78 is 26.7. The number of nitrogens with one attached hydrogen (secondary N) is 1. The van der Waals surface area contributed by atoms with Crippen LogP contribution in [0, 0.1) is 5.41 Å². The van der Waals surface area contributed by atoms with Crippen molar-refractivity contribution in [3.05, 3.63) is 11.4 Å². The quantitative estimate of drug-likeness (QED) is 0.800. The van der Waals surface area contributed by atoms with Gasteiger partial charge in [-0.1, -0.05) is 24.5 Å². The van der Waals surface area contributed by atoms with Crippen LogP contribution >= 0.6 is 0 Å². The van der Waals surface area contributed by atoms with Crippen LogP contribution in [0.25, 0.3) is 0 Å². The Morgan fingerprint density at radius 2 is 2.00 bits per heavy atom. The summed E-state index contributed by atoms with van der Waals surface area (Å²) in [5.41, 5.74) is -1.90. The third-order valence-electron chi connectivity index (χ3n) is 4.12. The van der Waals surface area contributed by atoms with Gasteiger partial charge in [0.25, 0.3) is 6.43 Å². The number of rotatable bonds is 5. The van der Waals surface area contributed by atoms with Crippen molar-refractivity contribution in [1.29, 1.82) is 0 Å². The normalized spacial score (nSPS) is 17.5. The summed E-state index contributed by atoms with van der Waals surface area (Å²) in [6.07, 6.45) is -0.0374. The number of carbonyl (C=O) groups is 2. The molecule has 9 heteroatoms. The molecule has 0 saturated heterocycles. The molecule has 1 aliphatic carbocycles. The maximum Gasteiger partial charge on any atom is 0.319 e. The molecule has 1 heterocycles. The van der Waals surface area contributed by atoms with E-state index >= 15 is 0 Å². The second-order valence-electron chi connectivity index (χ2n) is 5.48. The SMILES string of the molecule is Cn1nnc(CNC(=O)C2(C(=O)O)CCCCC2)c1C(F)F. The van der Waals surface area contributed by atoms with Gasteiger partial charge in [0, 0.05) is 7.05 Å². The Morgan fingerprint density at radius 3 is 2.55 bits per heavy atom. The Balaban J connectivity index is 2.10. The average molecular weight is 316 g/mol. The third-order valence-corrected chi connectivity index (χ3v) is 4.12. The molecular weight excluding hydrogens is 298 g/mol. The van der Waals surface area contributed by atoms with Crippen molar-refractivity contribution in [3.63, 3.8) is 0 Å². The first-order valence-electron chi connectivity index (χ1n) is 7.07. The molecule has 0 spiro atoms. The minimum atomic E-state index is -2.77. The van der Waals surface area contributed by atoms with Gasteiger partial charge in [0.05, 0.1) is 6.54 Å². The van der Waals surface area contributed by atoms with E-state index in [1.165, 1.54) is 7.05 Å². The Labute approximate surface area is 125 Å². The van der Waals surface area contributed by atoms with Gasteiger partial charge in [-0.2, -0.15) is 0 Å². The number of nitrogens with zero attached hydrogens (tertiary/aromatic N) is 3. The van der Waals surface area contributed by atoms with Crippen molar-refractivity contribution in [1.82, 2.24) is 20.3 Å². The second kappa shape index (κ2) is 6.37. The van der Waals surface area contributed by atoms with Crippen LogP contribution in [0.1, 0.15) is 49.9 Å². The summed E-state index contributed by atoms with van der Waals surface area (Å²) in [4.78, 5) is 23.8. The predicted molar refractivity (Wildman–Crippen MR) is 71.0 cm³/mol. The lowest BCUT2D eigenvalue weighted by Crippen LogP contribution is -2.47. The number of carboxylic acid groups (broad SMARTS) is 1. The second-order valence-corrected chi connectivity index (χ2v) is 5.48. The van der Waals surface area contributed by atoms with Gasteiger partial charge >= 0.3 is 5.97 Å². The molecule has 0 unspecified atom stereocenters. The molecule has 0 aromatic carbocycles. The minimum absolute atomic E-state index is 0.0535. The monoisotopic (exact) mass is 316 g/mol. The van der Waals surface area contributed by atoms with Crippen LogP contribution in [0.2, 0.25) is 0 Å². The molecule has 0 aliphatic heterocycles. The van der Waals surface area contributed by atoms with Gasteiger partial charge in [-0.25, -0.2) is 13.5 Å². The zero-order valence-electron chi connectivity index (χ0n) is 12.2. The van der Waals surface area contributed by atoms with Gasteiger partial charge in [-0.05, 0) is 12.8 Å². The van der Waals surface area contributed by atoms with Gasteiger partial charge in [-0.15, -0.1) is 5.10 Å². The molecule has 0 bridgehead atoms. The van der Waals surface area contributed by atoms with E-state index in [0.717, 1.165) is 11.1 Å². The zero-order valence-corrected chi connectivity index (χ0v) is 12.2. The summed E-state index contributed by atoms with van der Waals surface area (Å²) in [6.45, 7) is -0.263. The van der Waals surface area contributed by atoms with Crippen LogP contribution in [0.3, 0.4) is 0 Å². The number of aromatic nitrogens is 3. The number of amides is 1. The standard InChI is InChI=1S/C13H18F2N4O3/c1-19-9(10(14)15)8(17-18-19)7-16-11(20)13(12(21)22)5-3-2-4-6-13/h10H,2-7H2,1H3,(H,16,20)(H,21,22). The lowest BCUT2D eigenvalue weighted by atomic mass is 9.73. The molecule has 1 aromatic heterocycles. The highest BCUT2D eigenvalue weighted by Crippen LogP contribution is 2.37. The maximum atomic E-state index is 12.9. The maximum absolute atomic E-state index is 12.9. The Kier molecular flexibility index (Phi) is 4.72. The fraction of sp³-hybridized carbons (Fsp3) is 0.692. The molecule has 22 heavy (non-hydrogen) atoms. The fourth-order valence-electron chi connectivity index (χ4n) is 2.83. The summed E-state index contributed by atoms with van der Waals surface area (Å²) >= 11 is 0. The van der Waals surface area contributed by atoms with E-state index in [1.54, 1.807) is 0 Å². The van der Waals surface area contributed by atoms with Crippen LogP contribution < -0.4 is 5.32 Å². The minimum Gasteiger partial charge on any atom is -0.480 e. The van der Waals surface area contributed by atoms with Crippen molar-refractivity contribution in [3.8, 4) is 0 Å². The number of carboxylic acids is 1. The summed E-state index contributed by atoms with van der Waals surface area (Å²) in [6, 6.07) is 0. The molecule has 2 N–H and O–H groups in total. The molecule has 7 nitrogen and oxygen atoms in total.